The van der Waals surface area contributed by atoms with E-state index < -0.39 is 5.92 Å². The van der Waals surface area contributed by atoms with Gasteiger partial charge >= 0.3 is 0 Å². The van der Waals surface area contributed by atoms with Gasteiger partial charge in [0, 0.05) is 72.6 Å². The number of alkyl halides is 2. The highest BCUT2D eigenvalue weighted by Gasteiger charge is 2.37. The van der Waals surface area contributed by atoms with E-state index in [0.29, 0.717) is 18.8 Å². The number of fused-ring (bicyclic) bond motifs is 2. The van der Waals surface area contributed by atoms with E-state index in [-0.39, 0.29) is 13.0 Å². The lowest BCUT2D eigenvalue weighted by Gasteiger charge is -2.15. The van der Waals surface area contributed by atoms with Gasteiger partial charge in [-0.05, 0) is 35.9 Å². The molecule has 8 nitrogen and oxygen atoms in total. The van der Waals surface area contributed by atoms with E-state index in [1.54, 1.807) is 29.7 Å². The summed E-state index contributed by atoms with van der Waals surface area (Å²) in [6.45, 7) is 0.586. The van der Waals surface area contributed by atoms with Crippen LogP contribution in [0, 0.1) is 0 Å². The van der Waals surface area contributed by atoms with Crippen LogP contribution in [-0.4, -0.2) is 59.0 Å². The molecule has 1 aliphatic heterocycles. The van der Waals surface area contributed by atoms with E-state index in [4.69, 9.17) is 4.98 Å². The molecular formula is C28H22F2N8. The van der Waals surface area contributed by atoms with E-state index in [0.717, 1.165) is 55.6 Å². The van der Waals surface area contributed by atoms with Crippen molar-refractivity contribution in [3.05, 3.63) is 79.1 Å². The molecule has 1 saturated heterocycles. The van der Waals surface area contributed by atoms with Gasteiger partial charge in [-0.25, -0.2) is 13.8 Å². The monoisotopic (exact) mass is 508 g/mol. The number of likely N-dealkylation sites (tertiary alicyclic amines) is 1. The van der Waals surface area contributed by atoms with Crippen LogP contribution in [0.25, 0.3) is 55.7 Å². The van der Waals surface area contributed by atoms with Crippen LogP contribution < -0.4 is 0 Å². The zero-order valence-electron chi connectivity index (χ0n) is 20.2. The Hall–Kier alpha value is -4.57. The first kappa shape index (κ1) is 22.6. The summed E-state index contributed by atoms with van der Waals surface area (Å²) >= 11 is 0. The summed E-state index contributed by atoms with van der Waals surface area (Å²) in [5.41, 5.74) is 8.30. The van der Waals surface area contributed by atoms with Gasteiger partial charge in [-0.1, -0.05) is 6.07 Å². The Labute approximate surface area is 215 Å². The summed E-state index contributed by atoms with van der Waals surface area (Å²) in [5.74, 6) is -2.62. The molecule has 6 aromatic rings. The number of hydrogen-bond donors (Lipinski definition) is 2. The molecule has 6 aromatic heterocycles. The average Bonchev–Trinajstić information content (AvgIpc) is 3.64. The maximum Gasteiger partial charge on any atom is 0.261 e. The Bertz CT molecular complexity index is 1780. The van der Waals surface area contributed by atoms with E-state index in [9.17, 15) is 8.78 Å². The molecule has 0 radical (unpaired) electrons. The minimum Gasteiger partial charge on any atom is -0.352 e. The third-order valence-corrected chi connectivity index (χ3v) is 6.93. The average molecular weight is 509 g/mol. The van der Waals surface area contributed by atoms with Crippen LogP contribution in [0.2, 0.25) is 0 Å². The van der Waals surface area contributed by atoms with E-state index >= 15 is 0 Å². The summed E-state index contributed by atoms with van der Waals surface area (Å²) in [5, 5.41) is 8.64. The zero-order valence-corrected chi connectivity index (χ0v) is 20.2. The van der Waals surface area contributed by atoms with Gasteiger partial charge in [0.2, 0.25) is 0 Å². The van der Waals surface area contributed by atoms with Crippen LogP contribution in [0.1, 0.15) is 12.0 Å². The summed E-state index contributed by atoms with van der Waals surface area (Å²) in [6, 6.07) is 11.8. The van der Waals surface area contributed by atoms with Gasteiger partial charge in [-0.15, -0.1) is 0 Å². The van der Waals surface area contributed by atoms with Gasteiger partial charge in [0.25, 0.3) is 5.92 Å². The van der Waals surface area contributed by atoms with Crippen molar-refractivity contribution in [1.82, 2.24) is 40.0 Å². The maximum absolute atomic E-state index is 13.6. The second kappa shape index (κ2) is 8.77. The fraction of sp³-hybridized carbons (Fsp3) is 0.179. The van der Waals surface area contributed by atoms with Gasteiger partial charge in [-0.3, -0.25) is 25.0 Å². The fourth-order valence-electron chi connectivity index (χ4n) is 5.09. The Kier molecular flexibility index (Phi) is 5.22. The van der Waals surface area contributed by atoms with E-state index in [1.165, 1.54) is 0 Å². The molecule has 7 rings (SSSR count). The third kappa shape index (κ3) is 4.08. The number of nitrogens with zero attached hydrogens (tertiary/aromatic N) is 6. The van der Waals surface area contributed by atoms with Crippen molar-refractivity contribution in [3.8, 4) is 33.8 Å². The van der Waals surface area contributed by atoms with E-state index in [1.807, 2.05) is 42.7 Å². The van der Waals surface area contributed by atoms with Crippen LogP contribution in [0.4, 0.5) is 8.78 Å². The van der Waals surface area contributed by atoms with Crippen LogP contribution in [0.5, 0.6) is 0 Å². The first-order valence-electron chi connectivity index (χ1n) is 12.3. The molecule has 0 bridgehead atoms. The Balaban J connectivity index is 1.24. The molecule has 1 fully saturated rings. The highest BCUT2D eigenvalue weighted by atomic mass is 19.3. The summed E-state index contributed by atoms with van der Waals surface area (Å²) in [7, 11) is 0. The quantitative estimate of drug-likeness (QED) is 0.321. The lowest BCUT2D eigenvalue weighted by Crippen LogP contribution is -2.24. The summed E-state index contributed by atoms with van der Waals surface area (Å²) in [4.78, 5) is 23.1. The Morgan fingerprint density at radius 2 is 1.82 bits per heavy atom. The third-order valence-electron chi connectivity index (χ3n) is 6.93. The lowest BCUT2D eigenvalue weighted by molar-refractivity contribution is 0.0115. The standard InChI is InChI=1S/C28H22F2N8/c29-28(30)5-7-38(16-28)15-17-8-19(12-32-10-17)22-3-4-23-26(35-22)27(37-36-23)24-9-20-21(13-33-14-25(20)34-24)18-2-1-6-31-11-18/h1-4,6,8-14,34H,5,7,15-16H2,(H,36,37). The van der Waals surface area contributed by atoms with Crippen LogP contribution >= 0.6 is 0 Å². The number of aromatic nitrogens is 7. The van der Waals surface area contributed by atoms with Crippen molar-refractivity contribution >= 4 is 21.9 Å². The molecule has 0 unspecified atom stereocenters. The zero-order chi connectivity index (χ0) is 25.7. The molecule has 10 heteroatoms. The summed E-state index contributed by atoms with van der Waals surface area (Å²) in [6.07, 6.45) is 10.5. The van der Waals surface area contributed by atoms with Crippen LogP contribution in [0.15, 0.2) is 73.6 Å². The van der Waals surface area contributed by atoms with Crippen molar-refractivity contribution in [2.45, 2.75) is 18.9 Å². The number of hydrogen-bond acceptors (Lipinski definition) is 6. The highest BCUT2D eigenvalue weighted by molar-refractivity contribution is 5.99. The van der Waals surface area contributed by atoms with Crippen LogP contribution in [0.3, 0.4) is 0 Å². The van der Waals surface area contributed by atoms with Gasteiger partial charge in [-0.2, -0.15) is 5.10 Å². The molecule has 0 amide bonds. The van der Waals surface area contributed by atoms with Crippen molar-refractivity contribution in [1.29, 1.82) is 0 Å². The number of pyridine rings is 4. The molecule has 38 heavy (non-hydrogen) atoms. The summed E-state index contributed by atoms with van der Waals surface area (Å²) < 4.78 is 27.3. The van der Waals surface area contributed by atoms with Gasteiger partial charge in [0.1, 0.15) is 11.2 Å². The molecule has 0 spiro atoms. The topological polar surface area (TPSA) is 99.3 Å². The smallest absolute Gasteiger partial charge is 0.261 e. The number of halogens is 2. The number of aromatic amines is 2. The van der Waals surface area contributed by atoms with Crippen LogP contribution in [-0.2, 0) is 6.54 Å². The van der Waals surface area contributed by atoms with Gasteiger partial charge in [0.15, 0.2) is 0 Å². The largest absolute Gasteiger partial charge is 0.352 e. The number of rotatable bonds is 5. The van der Waals surface area contributed by atoms with Gasteiger partial charge < -0.3 is 4.98 Å². The second-order valence-electron chi connectivity index (χ2n) is 9.64. The van der Waals surface area contributed by atoms with E-state index in [2.05, 4.69) is 36.2 Å². The first-order chi connectivity index (χ1) is 18.5. The Morgan fingerprint density at radius 1 is 0.921 bits per heavy atom. The molecule has 7 heterocycles. The molecule has 188 valence electrons. The molecule has 0 atom stereocenters. The number of H-pyrrole nitrogens is 2. The molecule has 2 N–H and O–H groups in total. The predicted molar refractivity (Wildman–Crippen MR) is 140 cm³/mol. The molecule has 1 aliphatic rings. The minimum absolute atomic E-state index is 0.102. The maximum atomic E-state index is 13.6. The fourth-order valence-corrected chi connectivity index (χ4v) is 5.09. The minimum atomic E-state index is -2.62. The number of nitrogens with one attached hydrogen (secondary N) is 2. The normalized spacial score (nSPS) is 15.5. The second-order valence-corrected chi connectivity index (χ2v) is 9.64. The molecule has 0 saturated carbocycles. The highest BCUT2D eigenvalue weighted by Crippen LogP contribution is 2.34. The van der Waals surface area contributed by atoms with Crippen molar-refractivity contribution in [3.63, 3.8) is 0 Å². The van der Waals surface area contributed by atoms with Crippen molar-refractivity contribution < 1.29 is 8.78 Å². The molecule has 0 aliphatic carbocycles. The SMILES string of the molecule is FC1(F)CCN(Cc2cncc(-c3ccc4[nH]nc(-c5cc6c(-c7cccnc7)cncc6[nH]5)c4n3)c2)C1. The first-order valence-corrected chi connectivity index (χ1v) is 12.3. The molecule has 0 aromatic carbocycles. The Morgan fingerprint density at radius 3 is 2.66 bits per heavy atom. The van der Waals surface area contributed by atoms with Crippen molar-refractivity contribution in [2.24, 2.45) is 0 Å². The molecular weight excluding hydrogens is 486 g/mol. The van der Waals surface area contributed by atoms with Crippen molar-refractivity contribution in [2.75, 3.05) is 13.1 Å². The van der Waals surface area contributed by atoms with Gasteiger partial charge in [0.05, 0.1) is 35.2 Å². The lowest BCUT2D eigenvalue weighted by atomic mass is 10.1. The predicted octanol–water partition coefficient (Wildman–Crippen LogP) is 5.47.